The normalized spacial score (nSPS) is 12.3. The molecular weight excluding hydrogens is 358 g/mol. The summed E-state index contributed by atoms with van der Waals surface area (Å²) in [6, 6.07) is 5.36. The number of nitrogens with one attached hydrogen (secondary N) is 1. The van der Waals surface area contributed by atoms with Crippen LogP contribution in [-0.4, -0.2) is 47.7 Å². The van der Waals surface area contributed by atoms with E-state index in [0.29, 0.717) is 36.2 Å². The first-order valence-corrected chi connectivity index (χ1v) is 9.20. The molecular formula is C21H27N3O4. The Bertz CT molecular complexity index is 896. The summed E-state index contributed by atoms with van der Waals surface area (Å²) in [5.41, 5.74) is 3.06. The molecule has 0 saturated heterocycles. The molecule has 0 fully saturated rings. The van der Waals surface area contributed by atoms with Crippen molar-refractivity contribution in [3.05, 3.63) is 47.3 Å². The third-order valence-electron chi connectivity index (χ3n) is 4.49. The number of benzene rings is 1. The van der Waals surface area contributed by atoms with Crippen molar-refractivity contribution in [1.82, 2.24) is 15.1 Å². The van der Waals surface area contributed by atoms with Gasteiger partial charge in [-0.25, -0.2) is 0 Å². The number of nitrogens with zero attached hydrogens (tertiary/aromatic N) is 2. The number of methoxy groups -OCH3 is 1. The van der Waals surface area contributed by atoms with Gasteiger partial charge >= 0.3 is 0 Å². The molecule has 0 radical (unpaired) electrons. The van der Waals surface area contributed by atoms with Gasteiger partial charge in [0.25, 0.3) is 0 Å². The van der Waals surface area contributed by atoms with E-state index in [-0.39, 0.29) is 18.9 Å². The summed E-state index contributed by atoms with van der Waals surface area (Å²) in [6.45, 7) is 2.13. The number of fused-ring (bicyclic) bond motifs is 1. The van der Waals surface area contributed by atoms with Crippen molar-refractivity contribution in [3.8, 4) is 5.75 Å². The van der Waals surface area contributed by atoms with Crippen LogP contribution in [0.25, 0.3) is 10.9 Å². The fourth-order valence-corrected chi connectivity index (χ4v) is 2.86. The quantitative estimate of drug-likeness (QED) is 0.351. The zero-order chi connectivity index (χ0) is 20.5. The number of hydrogen-bond acceptors (Lipinski definition) is 6. The van der Waals surface area contributed by atoms with E-state index in [0.717, 1.165) is 22.9 Å². The first kappa shape index (κ1) is 21.4. The van der Waals surface area contributed by atoms with Crippen molar-refractivity contribution in [2.45, 2.75) is 32.7 Å². The van der Waals surface area contributed by atoms with E-state index in [1.807, 2.05) is 26.1 Å². The molecule has 0 saturated carbocycles. The number of aldehydes is 1. The monoisotopic (exact) mass is 385 g/mol. The number of rotatable bonds is 11. The molecule has 0 amide bonds. The third kappa shape index (κ3) is 5.29. The zero-order valence-electron chi connectivity index (χ0n) is 16.6. The predicted molar refractivity (Wildman–Crippen MR) is 109 cm³/mol. The summed E-state index contributed by atoms with van der Waals surface area (Å²) < 4.78 is 6.75. The van der Waals surface area contributed by atoms with Gasteiger partial charge in [0.05, 0.1) is 19.2 Å². The summed E-state index contributed by atoms with van der Waals surface area (Å²) >= 11 is 0. The van der Waals surface area contributed by atoms with Crippen LogP contribution in [0.15, 0.2) is 41.6 Å². The number of allylic oxidation sites excluding steroid dienone is 3. The molecule has 2 rings (SSSR count). The van der Waals surface area contributed by atoms with Gasteiger partial charge in [-0.15, -0.1) is 0 Å². The van der Waals surface area contributed by atoms with Gasteiger partial charge in [0.2, 0.25) is 0 Å². The molecule has 1 aromatic carbocycles. The van der Waals surface area contributed by atoms with Crippen LogP contribution < -0.4 is 10.1 Å². The van der Waals surface area contributed by atoms with Crippen LogP contribution in [0.5, 0.6) is 5.75 Å². The molecule has 0 bridgehead atoms. The second-order valence-electron chi connectivity index (χ2n) is 6.43. The highest BCUT2D eigenvalue weighted by atomic mass is 16.5. The van der Waals surface area contributed by atoms with E-state index < -0.39 is 0 Å². The van der Waals surface area contributed by atoms with Crippen LogP contribution >= 0.6 is 0 Å². The third-order valence-corrected chi connectivity index (χ3v) is 4.49. The summed E-state index contributed by atoms with van der Waals surface area (Å²) in [5.74, 6) is 0.577. The average Bonchev–Trinajstić information content (AvgIpc) is 3.07. The maximum Gasteiger partial charge on any atom is 0.184 e. The molecule has 0 spiro atoms. The first-order chi connectivity index (χ1) is 13.5. The second kappa shape index (κ2) is 10.4. The summed E-state index contributed by atoms with van der Waals surface area (Å²) in [6.07, 6.45) is 6.10. The molecule has 150 valence electrons. The Labute approximate surface area is 164 Å². The van der Waals surface area contributed by atoms with E-state index in [9.17, 15) is 9.59 Å². The Kier molecular flexibility index (Phi) is 7.95. The van der Waals surface area contributed by atoms with Crippen molar-refractivity contribution >= 4 is 23.0 Å². The first-order valence-electron chi connectivity index (χ1n) is 9.20. The Hall–Kier alpha value is -2.93. The van der Waals surface area contributed by atoms with E-state index in [1.165, 1.54) is 4.68 Å². The molecule has 2 N–H and O–H groups in total. The molecule has 2 aromatic rings. The minimum atomic E-state index is -0.0688. The second-order valence-corrected chi connectivity index (χ2v) is 6.43. The molecule has 1 aromatic heterocycles. The topological polar surface area (TPSA) is 93.5 Å². The number of hydrogen-bond donors (Lipinski definition) is 2. The maximum absolute atomic E-state index is 12.7. The van der Waals surface area contributed by atoms with Gasteiger partial charge in [0.15, 0.2) is 5.78 Å². The van der Waals surface area contributed by atoms with Gasteiger partial charge in [0, 0.05) is 43.6 Å². The number of carbonyl (C=O) groups is 2. The van der Waals surface area contributed by atoms with Crippen LogP contribution in [0, 0.1) is 0 Å². The average molecular weight is 385 g/mol. The fraction of sp³-hybridized carbons (Fsp3) is 0.381. The fourth-order valence-electron chi connectivity index (χ4n) is 2.86. The van der Waals surface area contributed by atoms with Gasteiger partial charge in [-0.05, 0) is 31.6 Å². The zero-order valence-corrected chi connectivity index (χ0v) is 16.6. The van der Waals surface area contributed by atoms with Crippen molar-refractivity contribution in [2.24, 2.45) is 0 Å². The Balaban J connectivity index is 2.18. The van der Waals surface area contributed by atoms with E-state index in [2.05, 4.69) is 10.4 Å². The van der Waals surface area contributed by atoms with Crippen LogP contribution in [0.3, 0.4) is 0 Å². The van der Waals surface area contributed by atoms with Gasteiger partial charge in [-0.1, -0.05) is 11.6 Å². The number of aliphatic hydroxyl groups excluding tert-OH is 1. The largest absolute Gasteiger partial charge is 0.497 e. The number of Topliss-reactive ketones (excluding diaryl/α,β-unsaturated/α-hetero) is 1. The van der Waals surface area contributed by atoms with Crippen LogP contribution in [0.4, 0.5) is 0 Å². The van der Waals surface area contributed by atoms with Crippen molar-refractivity contribution in [3.63, 3.8) is 0 Å². The maximum atomic E-state index is 12.7. The Morgan fingerprint density at radius 1 is 1.29 bits per heavy atom. The van der Waals surface area contributed by atoms with E-state index >= 15 is 0 Å². The van der Waals surface area contributed by atoms with Gasteiger partial charge < -0.3 is 20.0 Å². The molecule has 1 heterocycles. The standard InChI is InChI=1S/C21H27N3O4/c1-15(4-6-16(22-2)10-12-25)5-9-20(27)21-18-8-7-17(28-3)14-19(18)24(23-21)11-13-26/h4,6-8,13-14,22,25H,5,9-12H2,1-3H3/b15-4+,16-6-. The Morgan fingerprint density at radius 3 is 2.71 bits per heavy atom. The highest BCUT2D eigenvalue weighted by Crippen LogP contribution is 2.25. The number of carbonyl (C=O) groups excluding carboxylic acids is 2. The minimum Gasteiger partial charge on any atom is -0.497 e. The summed E-state index contributed by atoms with van der Waals surface area (Å²) in [4.78, 5) is 23.7. The summed E-state index contributed by atoms with van der Waals surface area (Å²) in [7, 11) is 3.38. The molecule has 7 nitrogen and oxygen atoms in total. The van der Waals surface area contributed by atoms with Crippen molar-refractivity contribution < 1.29 is 19.4 Å². The molecule has 0 aliphatic carbocycles. The number of ketones is 1. The van der Waals surface area contributed by atoms with Crippen molar-refractivity contribution in [1.29, 1.82) is 0 Å². The van der Waals surface area contributed by atoms with Gasteiger partial charge in [-0.3, -0.25) is 9.48 Å². The van der Waals surface area contributed by atoms with E-state index in [4.69, 9.17) is 9.84 Å². The summed E-state index contributed by atoms with van der Waals surface area (Å²) in [5, 5.41) is 17.1. The van der Waals surface area contributed by atoms with Gasteiger partial charge in [-0.2, -0.15) is 5.10 Å². The Morgan fingerprint density at radius 2 is 2.07 bits per heavy atom. The van der Waals surface area contributed by atoms with Crippen LogP contribution in [-0.2, 0) is 11.3 Å². The number of aliphatic hydroxyl groups is 1. The molecule has 0 atom stereocenters. The van der Waals surface area contributed by atoms with E-state index in [1.54, 1.807) is 25.3 Å². The lowest BCUT2D eigenvalue weighted by Crippen LogP contribution is -2.07. The number of aromatic nitrogens is 2. The van der Waals surface area contributed by atoms with Crippen molar-refractivity contribution in [2.75, 3.05) is 20.8 Å². The highest BCUT2D eigenvalue weighted by Gasteiger charge is 2.17. The minimum absolute atomic E-state index is 0.0688. The number of ether oxygens (including phenoxy) is 1. The SMILES string of the molecule is CN/C(=C\C=C(/C)CCC(=O)c1nn(CC=O)c2cc(OC)ccc12)CCO. The van der Waals surface area contributed by atoms with Crippen LogP contribution in [0.2, 0.25) is 0 Å². The molecule has 28 heavy (non-hydrogen) atoms. The predicted octanol–water partition coefficient (Wildman–Crippen LogP) is 2.64. The highest BCUT2D eigenvalue weighted by molar-refractivity contribution is 6.06. The molecule has 0 aliphatic heterocycles. The lowest BCUT2D eigenvalue weighted by molar-refractivity contribution is -0.108. The lowest BCUT2D eigenvalue weighted by Gasteiger charge is -2.04. The smallest absolute Gasteiger partial charge is 0.184 e. The molecule has 0 unspecified atom stereocenters. The van der Waals surface area contributed by atoms with Gasteiger partial charge in [0.1, 0.15) is 17.7 Å². The lowest BCUT2D eigenvalue weighted by atomic mass is 10.0. The molecule has 0 aliphatic rings. The molecule has 7 heteroatoms. The van der Waals surface area contributed by atoms with Crippen LogP contribution in [0.1, 0.15) is 36.7 Å².